The predicted molar refractivity (Wildman–Crippen MR) is 80.0 cm³/mol. The standard InChI is InChI=1S/C14H26N4O/c1-5-8-15-13-11-14(17-12(6-2)16-13)18(7-3)9-10-19-4/h11H,5-10H2,1-4H3,(H,15,16,17). The van der Waals surface area contributed by atoms with Crippen LogP contribution >= 0.6 is 0 Å². The largest absolute Gasteiger partial charge is 0.383 e. The molecule has 0 fully saturated rings. The van der Waals surface area contributed by atoms with E-state index < -0.39 is 0 Å². The molecule has 0 atom stereocenters. The molecule has 0 saturated heterocycles. The lowest BCUT2D eigenvalue weighted by Crippen LogP contribution is -2.28. The minimum Gasteiger partial charge on any atom is -0.383 e. The van der Waals surface area contributed by atoms with Gasteiger partial charge in [-0.3, -0.25) is 0 Å². The first-order valence-electron chi connectivity index (χ1n) is 7.10. The summed E-state index contributed by atoms with van der Waals surface area (Å²) in [6, 6.07) is 2.02. The van der Waals surface area contributed by atoms with Crippen LogP contribution in [0.15, 0.2) is 6.07 Å². The Balaban J connectivity index is 2.89. The van der Waals surface area contributed by atoms with Gasteiger partial charge in [0.1, 0.15) is 17.5 Å². The molecule has 1 heterocycles. The zero-order valence-electron chi connectivity index (χ0n) is 12.6. The van der Waals surface area contributed by atoms with E-state index in [-0.39, 0.29) is 0 Å². The van der Waals surface area contributed by atoms with Gasteiger partial charge in [-0.25, -0.2) is 9.97 Å². The van der Waals surface area contributed by atoms with E-state index in [0.29, 0.717) is 6.61 Å². The summed E-state index contributed by atoms with van der Waals surface area (Å²) in [7, 11) is 1.72. The molecule has 0 aliphatic heterocycles. The van der Waals surface area contributed by atoms with Crippen LogP contribution in [0.25, 0.3) is 0 Å². The van der Waals surface area contributed by atoms with E-state index >= 15 is 0 Å². The molecule has 0 aliphatic rings. The molecule has 19 heavy (non-hydrogen) atoms. The van der Waals surface area contributed by atoms with Gasteiger partial charge < -0.3 is 15.0 Å². The number of rotatable bonds is 9. The fourth-order valence-corrected chi connectivity index (χ4v) is 1.78. The number of aromatic nitrogens is 2. The lowest BCUT2D eigenvalue weighted by atomic mass is 10.3. The summed E-state index contributed by atoms with van der Waals surface area (Å²) < 4.78 is 5.15. The molecule has 0 aliphatic carbocycles. The number of likely N-dealkylation sites (N-methyl/N-ethyl adjacent to an activating group) is 1. The molecule has 1 aromatic rings. The predicted octanol–water partition coefficient (Wildman–Crippen LogP) is 2.33. The highest BCUT2D eigenvalue weighted by Crippen LogP contribution is 2.16. The third-order valence-corrected chi connectivity index (χ3v) is 2.90. The number of aryl methyl sites for hydroxylation is 1. The monoisotopic (exact) mass is 266 g/mol. The van der Waals surface area contributed by atoms with Crippen molar-refractivity contribution in [1.29, 1.82) is 0 Å². The van der Waals surface area contributed by atoms with Gasteiger partial charge in [0.05, 0.1) is 6.61 Å². The van der Waals surface area contributed by atoms with Gasteiger partial charge in [-0.2, -0.15) is 0 Å². The number of nitrogens with one attached hydrogen (secondary N) is 1. The van der Waals surface area contributed by atoms with Crippen LogP contribution in [0.5, 0.6) is 0 Å². The maximum atomic E-state index is 5.15. The summed E-state index contributed by atoms with van der Waals surface area (Å²) in [4.78, 5) is 11.3. The summed E-state index contributed by atoms with van der Waals surface area (Å²) in [6.45, 7) is 9.75. The third kappa shape index (κ3) is 5.03. The van der Waals surface area contributed by atoms with Gasteiger partial charge in [0.2, 0.25) is 0 Å². The molecule has 5 heteroatoms. The Kier molecular flexibility index (Phi) is 7.18. The highest BCUT2D eigenvalue weighted by molar-refractivity contribution is 5.49. The van der Waals surface area contributed by atoms with Gasteiger partial charge >= 0.3 is 0 Å². The van der Waals surface area contributed by atoms with Crippen molar-refractivity contribution in [3.63, 3.8) is 0 Å². The highest BCUT2D eigenvalue weighted by atomic mass is 16.5. The normalized spacial score (nSPS) is 10.5. The molecule has 0 amide bonds. The Hall–Kier alpha value is -1.36. The number of hydrogen-bond acceptors (Lipinski definition) is 5. The molecule has 0 spiro atoms. The molecule has 0 bridgehead atoms. The van der Waals surface area contributed by atoms with Crippen LogP contribution in [0, 0.1) is 0 Å². The van der Waals surface area contributed by atoms with Crippen LogP contribution in [0.3, 0.4) is 0 Å². The zero-order chi connectivity index (χ0) is 14.1. The van der Waals surface area contributed by atoms with Crippen LogP contribution in [-0.4, -0.2) is 43.3 Å². The van der Waals surface area contributed by atoms with E-state index in [4.69, 9.17) is 4.74 Å². The maximum absolute atomic E-state index is 5.15. The van der Waals surface area contributed by atoms with Gasteiger partial charge in [-0.05, 0) is 13.3 Å². The van der Waals surface area contributed by atoms with Crippen molar-refractivity contribution >= 4 is 11.6 Å². The fraction of sp³-hybridized carbons (Fsp3) is 0.714. The van der Waals surface area contributed by atoms with Crippen LogP contribution < -0.4 is 10.2 Å². The van der Waals surface area contributed by atoms with E-state index in [0.717, 1.165) is 49.9 Å². The summed E-state index contributed by atoms with van der Waals surface area (Å²) in [5, 5.41) is 3.34. The van der Waals surface area contributed by atoms with Crippen molar-refractivity contribution in [1.82, 2.24) is 9.97 Å². The number of methoxy groups -OCH3 is 1. The second kappa shape index (κ2) is 8.69. The molecule has 1 N–H and O–H groups in total. The Bertz CT molecular complexity index is 370. The average molecular weight is 266 g/mol. The van der Waals surface area contributed by atoms with Gasteiger partial charge in [0, 0.05) is 39.2 Å². The quantitative estimate of drug-likeness (QED) is 0.743. The Morgan fingerprint density at radius 3 is 2.63 bits per heavy atom. The zero-order valence-corrected chi connectivity index (χ0v) is 12.6. The first-order valence-corrected chi connectivity index (χ1v) is 7.10. The number of hydrogen-bond donors (Lipinski definition) is 1. The molecule has 0 saturated carbocycles. The molecule has 0 radical (unpaired) electrons. The average Bonchev–Trinajstić information content (AvgIpc) is 2.45. The van der Waals surface area contributed by atoms with Crippen LogP contribution in [0.1, 0.15) is 33.0 Å². The van der Waals surface area contributed by atoms with Crippen LogP contribution in [0.2, 0.25) is 0 Å². The third-order valence-electron chi connectivity index (χ3n) is 2.90. The number of anilines is 2. The van der Waals surface area contributed by atoms with E-state index in [1.165, 1.54) is 0 Å². The molecular formula is C14H26N4O. The summed E-state index contributed by atoms with van der Waals surface area (Å²) in [5.74, 6) is 2.77. The van der Waals surface area contributed by atoms with E-state index in [9.17, 15) is 0 Å². The first-order chi connectivity index (χ1) is 9.24. The topological polar surface area (TPSA) is 50.3 Å². The van der Waals surface area contributed by atoms with E-state index in [1.54, 1.807) is 7.11 Å². The minimum absolute atomic E-state index is 0.705. The molecule has 1 aromatic heterocycles. The molecule has 0 aromatic carbocycles. The van der Waals surface area contributed by atoms with Crippen molar-refractivity contribution in [2.75, 3.05) is 43.6 Å². The summed E-state index contributed by atoms with van der Waals surface area (Å²) in [6.07, 6.45) is 1.93. The lowest BCUT2D eigenvalue weighted by molar-refractivity contribution is 0.205. The van der Waals surface area contributed by atoms with Crippen molar-refractivity contribution in [2.24, 2.45) is 0 Å². The molecule has 5 nitrogen and oxygen atoms in total. The van der Waals surface area contributed by atoms with Crippen molar-refractivity contribution in [2.45, 2.75) is 33.6 Å². The Labute approximate surface area is 116 Å². The first kappa shape index (κ1) is 15.7. The van der Waals surface area contributed by atoms with Crippen molar-refractivity contribution in [3.8, 4) is 0 Å². The maximum Gasteiger partial charge on any atom is 0.134 e. The van der Waals surface area contributed by atoms with Crippen LogP contribution in [0.4, 0.5) is 11.6 Å². The van der Waals surface area contributed by atoms with E-state index in [1.807, 2.05) is 6.07 Å². The second-order valence-corrected chi connectivity index (χ2v) is 4.38. The smallest absolute Gasteiger partial charge is 0.134 e. The van der Waals surface area contributed by atoms with Gasteiger partial charge in [0.15, 0.2) is 0 Å². The SMILES string of the molecule is CCCNc1cc(N(CC)CCOC)nc(CC)n1. The fourth-order valence-electron chi connectivity index (χ4n) is 1.78. The Morgan fingerprint density at radius 2 is 2.05 bits per heavy atom. The van der Waals surface area contributed by atoms with E-state index in [2.05, 4.69) is 41.0 Å². The van der Waals surface area contributed by atoms with Gasteiger partial charge in [0.25, 0.3) is 0 Å². The highest BCUT2D eigenvalue weighted by Gasteiger charge is 2.09. The van der Waals surface area contributed by atoms with Crippen molar-refractivity contribution < 1.29 is 4.74 Å². The number of nitrogens with zero attached hydrogens (tertiary/aromatic N) is 3. The number of ether oxygens (including phenoxy) is 1. The van der Waals surface area contributed by atoms with Gasteiger partial charge in [-0.1, -0.05) is 13.8 Å². The summed E-state index contributed by atoms with van der Waals surface area (Å²) >= 11 is 0. The second-order valence-electron chi connectivity index (χ2n) is 4.38. The molecule has 1 rings (SSSR count). The van der Waals surface area contributed by atoms with Crippen molar-refractivity contribution in [3.05, 3.63) is 11.9 Å². The lowest BCUT2D eigenvalue weighted by Gasteiger charge is -2.22. The van der Waals surface area contributed by atoms with Gasteiger partial charge in [-0.15, -0.1) is 0 Å². The minimum atomic E-state index is 0.705. The molecule has 0 unspecified atom stereocenters. The molecule has 108 valence electrons. The van der Waals surface area contributed by atoms with Crippen LogP contribution in [-0.2, 0) is 11.2 Å². The molecular weight excluding hydrogens is 240 g/mol. The summed E-state index contributed by atoms with van der Waals surface area (Å²) in [5.41, 5.74) is 0. The Morgan fingerprint density at radius 1 is 1.26 bits per heavy atom.